The smallest absolute Gasteiger partial charge is 0.872 e. The third kappa shape index (κ3) is 2.91. The molecule has 0 aliphatic heterocycles. The van der Waals surface area contributed by atoms with Crippen LogP contribution in [-0.2, 0) is 10.1 Å². The monoisotopic (exact) mass is 262 g/mol. The Morgan fingerprint density at radius 1 is 1.12 bits per heavy atom. The van der Waals surface area contributed by atoms with Gasteiger partial charge in [0.1, 0.15) is 5.75 Å². The zero-order valence-corrected chi connectivity index (χ0v) is 11.7. The summed E-state index contributed by atoms with van der Waals surface area (Å²) >= 11 is 0. The van der Waals surface area contributed by atoms with Crippen LogP contribution in [0.1, 0.15) is 0 Å². The minimum atomic E-state index is -4.39. The van der Waals surface area contributed by atoms with Gasteiger partial charge in [-0.25, -0.2) is 0 Å². The van der Waals surface area contributed by atoms with Crippen molar-refractivity contribution < 1.29 is 52.7 Å². The van der Waals surface area contributed by atoms with E-state index in [1.165, 1.54) is 18.2 Å². The van der Waals surface area contributed by atoms with Gasteiger partial charge in [-0.3, -0.25) is 4.55 Å². The first-order valence-electron chi connectivity index (χ1n) is 4.29. The van der Waals surface area contributed by atoms with Gasteiger partial charge < -0.3 is 10.2 Å². The maximum absolute atomic E-state index is 11.1. The molecule has 2 N–H and O–H groups in total. The van der Waals surface area contributed by atoms with Gasteiger partial charge >= 0.3 is 29.6 Å². The molecule has 5 nitrogen and oxygen atoms in total. The summed E-state index contributed by atoms with van der Waals surface area (Å²) in [5.74, 6) is -0.607. The number of benzene rings is 2. The van der Waals surface area contributed by atoms with Crippen LogP contribution in [0.15, 0.2) is 35.2 Å². The van der Waals surface area contributed by atoms with Gasteiger partial charge in [-0.1, -0.05) is 18.2 Å². The summed E-state index contributed by atoms with van der Waals surface area (Å²) in [6.07, 6.45) is 0. The van der Waals surface area contributed by atoms with Gasteiger partial charge in [0, 0.05) is 11.5 Å². The van der Waals surface area contributed by atoms with E-state index in [1.54, 1.807) is 0 Å². The third-order valence-corrected chi connectivity index (χ3v) is 3.01. The number of phenols is 1. The molecule has 0 saturated heterocycles. The van der Waals surface area contributed by atoms with E-state index in [-0.39, 0.29) is 46.4 Å². The Balaban J connectivity index is 0.00000144. The standard InChI is InChI=1S/C10H8O5S.Na/c11-7-1-2-9-6(3-7)4-8(5-10(9)12)16(13,14)15;/h1-5,11-12H,(H,13,14,15);/q;+1/p-1. The van der Waals surface area contributed by atoms with Crippen molar-refractivity contribution in [2.24, 2.45) is 0 Å². The number of fused-ring (bicyclic) bond motifs is 1. The Morgan fingerprint density at radius 2 is 1.76 bits per heavy atom. The second kappa shape index (κ2) is 4.83. The first-order chi connectivity index (χ1) is 7.38. The van der Waals surface area contributed by atoms with Crippen LogP contribution >= 0.6 is 0 Å². The first kappa shape index (κ1) is 14.3. The number of aromatic hydroxyl groups is 1. The minimum absolute atomic E-state index is 0. The first-order valence-corrected chi connectivity index (χ1v) is 5.73. The third-order valence-electron chi connectivity index (χ3n) is 2.17. The quantitative estimate of drug-likeness (QED) is 0.452. The van der Waals surface area contributed by atoms with E-state index in [1.807, 2.05) is 0 Å². The van der Waals surface area contributed by atoms with Crippen molar-refractivity contribution in [3.05, 3.63) is 30.3 Å². The Labute approximate surface area is 120 Å². The minimum Gasteiger partial charge on any atom is -0.872 e. The van der Waals surface area contributed by atoms with E-state index < -0.39 is 15.0 Å². The number of hydrogen-bond acceptors (Lipinski definition) is 4. The maximum Gasteiger partial charge on any atom is 1.00 e. The molecule has 0 aliphatic carbocycles. The van der Waals surface area contributed by atoms with Crippen molar-refractivity contribution in [2.75, 3.05) is 0 Å². The van der Waals surface area contributed by atoms with Crippen molar-refractivity contribution in [3.8, 4) is 11.5 Å². The van der Waals surface area contributed by atoms with E-state index in [2.05, 4.69) is 0 Å². The van der Waals surface area contributed by atoms with Crippen molar-refractivity contribution in [2.45, 2.75) is 4.90 Å². The zero-order chi connectivity index (χ0) is 11.9. The molecule has 0 unspecified atom stereocenters. The van der Waals surface area contributed by atoms with Crippen molar-refractivity contribution in [1.29, 1.82) is 0 Å². The molecule has 0 saturated carbocycles. The summed E-state index contributed by atoms with van der Waals surface area (Å²) in [6.45, 7) is 0. The van der Waals surface area contributed by atoms with Gasteiger partial charge in [0.25, 0.3) is 10.1 Å². The SMILES string of the molecule is O=S(=O)(O)c1cc(O)c2ccc([O-])cc2c1.[Na+]. The Bertz CT molecular complexity index is 666. The fourth-order valence-corrected chi connectivity index (χ4v) is 1.99. The molecule has 2 aromatic carbocycles. The van der Waals surface area contributed by atoms with Gasteiger partial charge in [0.05, 0.1) is 4.90 Å². The molecule has 0 aromatic heterocycles. The van der Waals surface area contributed by atoms with Crippen LogP contribution in [-0.4, -0.2) is 18.1 Å². The van der Waals surface area contributed by atoms with Crippen LogP contribution in [0.25, 0.3) is 10.8 Å². The van der Waals surface area contributed by atoms with E-state index in [4.69, 9.17) is 4.55 Å². The summed E-state index contributed by atoms with van der Waals surface area (Å²) in [5, 5.41) is 21.2. The summed E-state index contributed by atoms with van der Waals surface area (Å²) in [5.41, 5.74) is 0. The summed E-state index contributed by atoms with van der Waals surface area (Å²) < 4.78 is 30.6. The molecule has 84 valence electrons. The predicted molar refractivity (Wildman–Crippen MR) is 54.9 cm³/mol. The average Bonchev–Trinajstić information content (AvgIpc) is 2.15. The van der Waals surface area contributed by atoms with Crippen LogP contribution < -0.4 is 34.7 Å². The fraction of sp³-hybridized carbons (Fsp3) is 0. The van der Waals surface area contributed by atoms with Crippen LogP contribution in [0.2, 0.25) is 0 Å². The molecular weight excluding hydrogens is 255 g/mol. The van der Waals surface area contributed by atoms with E-state index in [0.717, 1.165) is 12.1 Å². The fourth-order valence-electron chi connectivity index (χ4n) is 1.45. The number of phenolic OH excluding ortho intramolecular Hbond substituents is 1. The summed E-state index contributed by atoms with van der Waals surface area (Å²) in [6, 6.07) is 5.90. The molecule has 0 radical (unpaired) electrons. The van der Waals surface area contributed by atoms with Crippen molar-refractivity contribution >= 4 is 20.9 Å². The second-order valence-corrected chi connectivity index (χ2v) is 4.72. The summed E-state index contributed by atoms with van der Waals surface area (Å²) in [4.78, 5) is -0.442. The average molecular weight is 262 g/mol. The van der Waals surface area contributed by atoms with Crippen molar-refractivity contribution in [1.82, 2.24) is 0 Å². The molecule has 0 aliphatic rings. The van der Waals surface area contributed by atoms with Crippen LogP contribution in [0.3, 0.4) is 0 Å². The molecule has 0 heterocycles. The molecule has 2 aromatic rings. The van der Waals surface area contributed by atoms with Gasteiger partial charge in [-0.2, -0.15) is 8.42 Å². The maximum atomic E-state index is 11.1. The molecule has 0 bridgehead atoms. The van der Waals surface area contributed by atoms with Crippen molar-refractivity contribution in [3.63, 3.8) is 0 Å². The van der Waals surface area contributed by atoms with E-state index in [0.29, 0.717) is 5.39 Å². The molecule has 0 amide bonds. The van der Waals surface area contributed by atoms with Crippen LogP contribution in [0.5, 0.6) is 11.5 Å². The Kier molecular flexibility index (Phi) is 4.06. The molecule has 0 atom stereocenters. The van der Waals surface area contributed by atoms with Gasteiger partial charge in [-0.15, -0.1) is 5.75 Å². The normalized spacial score (nSPS) is 11.1. The second-order valence-electron chi connectivity index (χ2n) is 3.30. The van der Waals surface area contributed by atoms with E-state index in [9.17, 15) is 18.6 Å². The van der Waals surface area contributed by atoms with Gasteiger partial charge in [0.15, 0.2) is 0 Å². The zero-order valence-electron chi connectivity index (χ0n) is 8.91. The van der Waals surface area contributed by atoms with Crippen LogP contribution in [0, 0.1) is 0 Å². The summed E-state index contributed by atoms with van der Waals surface area (Å²) in [7, 11) is -4.39. The number of hydrogen-bond donors (Lipinski definition) is 2. The molecular formula is C10H7NaO5S. The van der Waals surface area contributed by atoms with E-state index >= 15 is 0 Å². The topological polar surface area (TPSA) is 97.7 Å². The predicted octanol–water partition coefficient (Wildman–Crippen LogP) is -2.13. The van der Waals surface area contributed by atoms with Crippen LogP contribution in [0.4, 0.5) is 0 Å². The van der Waals surface area contributed by atoms with Gasteiger partial charge in [0.2, 0.25) is 0 Å². The number of rotatable bonds is 1. The molecule has 2 rings (SSSR count). The Hall–Kier alpha value is -0.790. The molecule has 17 heavy (non-hydrogen) atoms. The van der Waals surface area contributed by atoms with Gasteiger partial charge in [-0.05, 0) is 11.5 Å². The Morgan fingerprint density at radius 3 is 2.35 bits per heavy atom. The molecule has 0 spiro atoms. The molecule has 7 heteroatoms. The molecule has 0 fully saturated rings. The largest absolute Gasteiger partial charge is 1.00 e.